The molecule has 0 radical (unpaired) electrons. The van der Waals surface area contributed by atoms with Gasteiger partial charge in [-0.15, -0.1) is 0 Å². The highest BCUT2D eigenvalue weighted by Gasteiger charge is 2.39. The van der Waals surface area contributed by atoms with Gasteiger partial charge in [0.15, 0.2) is 0 Å². The lowest BCUT2D eigenvalue weighted by Crippen LogP contribution is -2.14. The maximum absolute atomic E-state index is 13.4. The minimum atomic E-state index is -4.48. The quantitative estimate of drug-likeness (QED) is 0.449. The maximum Gasteiger partial charge on any atom is 0.416 e. The highest BCUT2D eigenvalue weighted by molar-refractivity contribution is 6.13. The van der Waals surface area contributed by atoms with Crippen LogP contribution in [0.2, 0.25) is 0 Å². The highest BCUT2D eigenvalue weighted by atomic mass is 19.4. The molecular weight excluding hydrogens is 401 g/mol. The van der Waals surface area contributed by atoms with Gasteiger partial charge in [-0.25, -0.2) is 0 Å². The number of carbonyl (C=O) groups excluding carboxylic acids is 1. The fraction of sp³-hybridized carbons (Fsp3) is 0.192. The van der Waals surface area contributed by atoms with Gasteiger partial charge in [-0.3, -0.25) is 4.79 Å². The van der Waals surface area contributed by atoms with Crippen LogP contribution in [0, 0.1) is 0 Å². The monoisotopic (exact) mass is 422 g/mol. The van der Waals surface area contributed by atoms with Gasteiger partial charge in [-0.2, -0.15) is 13.2 Å². The summed E-state index contributed by atoms with van der Waals surface area (Å²) in [4.78, 5) is 12.8. The minimum Gasteiger partial charge on any atom is -0.468 e. The number of alkyl halides is 3. The summed E-state index contributed by atoms with van der Waals surface area (Å²) >= 11 is 0. The Labute approximate surface area is 179 Å². The number of methoxy groups -OCH3 is 1. The molecule has 0 aliphatic heterocycles. The Bertz CT molecular complexity index is 1160. The van der Waals surface area contributed by atoms with Crippen molar-refractivity contribution in [3.63, 3.8) is 0 Å². The Hall–Kier alpha value is -3.34. The largest absolute Gasteiger partial charge is 0.468 e. The van der Waals surface area contributed by atoms with Crippen LogP contribution in [-0.2, 0) is 22.1 Å². The number of esters is 1. The molecule has 0 unspecified atom stereocenters. The molecule has 3 aromatic rings. The molecule has 1 aliphatic carbocycles. The molecule has 0 N–H and O–H groups in total. The van der Waals surface area contributed by atoms with E-state index in [0.29, 0.717) is 11.1 Å². The van der Waals surface area contributed by atoms with Crippen LogP contribution >= 0.6 is 0 Å². The van der Waals surface area contributed by atoms with E-state index in [-0.39, 0.29) is 0 Å². The molecule has 0 saturated carbocycles. The van der Waals surface area contributed by atoms with Crippen LogP contribution < -0.4 is 0 Å². The number of carbonyl (C=O) groups is 1. The molecular formula is C26H21F3O2. The first-order chi connectivity index (χ1) is 14.8. The van der Waals surface area contributed by atoms with Crippen molar-refractivity contribution in [1.82, 2.24) is 0 Å². The van der Waals surface area contributed by atoms with Gasteiger partial charge in [0.05, 0.1) is 12.7 Å². The molecule has 0 heterocycles. The van der Waals surface area contributed by atoms with E-state index >= 15 is 0 Å². The number of ether oxygens (including phenoxy) is 1. The lowest BCUT2D eigenvalue weighted by Gasteiger charge is -2.17. The van der Waals surface area contributed by atoms with Crippen molar-refractivity contribution in [2.45, 2.75) is 25.4 Å². The summed E-state index contributed by atoms with van der Waals surface area (Å²) in [5, 5.41) is 0. The van der Waals surface area contributed by atoms with Gasteiger partial charge in [0, 0.05) is 0 Å². The van der Waals surface area contributed by atoms with E-state index in [0.717, 1.165) is 46.4 Å². The third kappa shape index (κ3) is 3.76. The molecule has 158 valence electrons. The molecule has 0 bridgehead atoms. The fourth-order valence-electron chi connectivity index (χ4n) is 4.18. The van der Waals surface area contributed by atoms with E-state index in [1.54, 1.807) is 6.07 Å². The smallest absolute Gasteiger partial charge is 0.416 e. The lowest BCUT2D eigenvalue weighted by molar-refractivity contribution is -0.140. The predicted octanol–water partition coefficient (Wildman–Crippen LogP) is 6.50. The standard InChI is InChI=1S/C26H21F3O2/c1-3-16-11-13-17(14-12-16)22-20-9-4-5-10-21(20)24(25(30)31-2)23(22)18-7-6-8-19(15-18)26(27,28)29/h4-15,24H,3H2,1-2H3/t24-/m1/s1. The molecule has 0 spiro atoms. The number of hydrogen-bond donors (Lipinski definition) is 0. The van der Waals surface area contributed by atoms with Crippen molar-refractivity contribution in [1.29, 1.82) is 0 Å². The summed E-state index contributed by atoms with van der Waals surface area (Å²) in [6, 6.07) is 20.5. The summed E-state index contributed by atoms with van der Waals surface area (Å²) < 4.78 is 45.4. The molecule has 31 heavy (non-hydrogen) atoms. The van der Waals surface area contributed by atoms with E-state index < -0.39 is 23.6 Å². The van der Waals surface area contributed by atoms with Crippen LogP contribution in [0.4, 0.5) is 13.2 Å². The van der Waals surface area contributed by atoms with E-state index in [2.05, 4.69) is 6.92 Å². The molecule has 2 nitrogen and oxygen atoms in total. The van der Waals surface area contributed by atoms with Crippen molar-refractivity contribution in [3.05, 3.63) is 106 Å². The third-order valence-corrected chi connectivity index (χ3v) is 5.69. The molecule has 3 aromatic carbocycles. The summed E-state index contributed by atoms with van der Waals surface area (Å²) in [7, 11) is 1.29. The number of halogens is 3. The van der Waals surface area contributed by atoms with Crippen molar-refractivity contribution < 1.29 is 22.7 Å². The first-order valence-electron chi connectivity index (χ1n) is 10.0. The van der Waals surface area contributed by atoms with Crippen molar-refractivity contribution in [2.75, 3.05) is 7.11 Å². The molecule has 5 heteroatoms. The summed E-state index contributed by atoms with van der Waals surface area (Å²) in [6.07, 6.45) is -3.60. The average molecular weight is 422 g/mol. The van der Waals surface area contributed by atoms with Crippen LogP contribution in [0.15, 0.2) is 72.8 Å². The van der Waals surface area contributed by atoms with Gasteiger partial charge in [0.2, 0.25) is 0 Å². The number of benzene rings is 3. The van der Waals surface area contributed by atoms with Gasteiger partial charge in [0.1, 0.15) is 5.92 Å². The maximum atomic E-state index is 13.4. The zero-order valence-electron chi connectivity index (χ0n) is 17.2. The highest BCUT2D eigenvalue weighted by Crippen LogP contribution is 2.50. The van der Waals surface area contributed by atoms with Crippen LogP contribution in [0.3, 0.4) is 0 Å². The Morgan fingerprint density at radius 2 is 1.65 bits per heavy atom. The lowest BCUT2D eigenvalue weighted by atomic mass is 9.88. The van der Waals surface area contributed by atoms with E-state index in [9.17, 15) is 18.0 Å². The topological polar surface area (TPSA) is 26.3 Å². The molecule has 0 fully saturated rings. The minimum absolute atomic E-state index is 0.357. The fourth-order valence-corrected chi connectivity index (χ4v) is 4.18. The number of rotatable bonds is 4. The Morgan fingerprint density at radius 1 is 0.935 bits per heavy atom. The molecule has 1 aliphatic rings. The summed E-state index contributed by atoms with van der Waals surface area (Å²) in [5.41, 5.74) is 4.46. The average Bonchev–Trinajstić information content (AvgIpc) is 3.13. The first kappa shape index (κ1) is 20.9. The van der Waals surface area contributed by atoms with Crippen LogP contribution in [0.1, 0.15) is 46.2 Å². The molecule has 1 atom stereocenters. The van der Waals surface area contributed by atoms with Crippen molar-refractivity contribution in [3.8, 4) is 0 Å². The Kier molecular flexibility index (Phi) is 5.44. The van der Waals surface area contributed by atoms with E-state index in [1.165, 1.54) is 13.2 Å². The van der Waals surface area contributed by atoms with Crippen LogP contribution in [-0.4, -0.2) is 13.1 Å². The van der Waals surface area contributed by atoms with Gasteiger partial charge < -0.3 is 4.74 Å². The Balaban J connectivity index is 2.02. The summed E-state index contributed by atoms with van der Waals surface area (Å²) in [6.45, 7) is 2.06. The Morgan fingerprint density at radius 3 is 2.29 bits per heavy atom. The molecule has 4 rings (SSSR count). The number of fused-ring (bicyclic) bond motifs is 1. The second-order valence-corrected chi connectivity index (χ2v) is 7.46. The predicted molar refractivity (Wildman–Crippen MR) is 114 cm³/mol. The number of hydrogen-bond acceptors (Lipinski definition) is 2. The van der Waals surface area contributed by atoms with Gasteiger partial charge in [-0.05, 0) is 57.5 Å². The zero-order valence-corrected chi connectivity index (χ0v) is 17.2. The second-order valence-electron chi connectivity index (χ2n) is 7.46. The summed E-state index contributed by atoms with van der Waals surface area (Å²) in [5.74, 6) is -1.30. The van der Waals surface area contributed by atoms with Crippen LogP contribution in [0.25, 0.3) is 11.1 Å². The molecule has 0 aromatic heterocycles. The van der Waals surface area contributed by atoms with Gasteiger partial charge >= 0.3 is 12.1 Å². The first-order valence-corrected chi connectivity index (χ1v) is 10.0. The zero-order chi connectivity index (χ0) is 22.2. The van der Waals surface area contributed by atoms with Crippen molar-refractivity contribution >= 4 is 17.1 Å². The SMILES string of the molecule is CCc1ccc(C2=C(c3cccc(C(F)(F)F)c3)[C@H](C(=O)OC)c3ccccc32)cc1. The third-order valence-electron chi connectivity index (χ3n) is 5.69. The molecule has 0 amide bonds. The van der Waals surface area contributed by atoms with Gasteiger partial charge in [-0.1, -0.05) is 67.6 Å². The van der Waals surface area contributed by atoms with Crippen molar-refractivity contribution in [2.24, 2.45) is 0 Å². The van der Waals surface area contributed by atoms with E-state index in [1.807, 2.05) is 48.5 Å². The molecule has 0 saturated heterocycles. The van der Waals surface area contributed by atoms with Crippen LogP contribution in [0.5, 0.6) is 0 Å². The van der Waals surface area contributed by atoms with E-state index in [4.69, 9.17) is 4.74 Å². The van der Waals surface area contributed by atoms with Gasteiger partial charge in [0.25, 0.3) is 0 Å². The number of aryl methyl sites for hydroxylation is 1. The second kappa shape index (κ2) is 8.06. The normalized spacial score (nSPS) is 15.7.